The van der Waals surface area contributed by atoms with E-state index >= 15 is 0 Å². The SMILES string of the molecule is CCc1cc(OC(C)C(=O)NC(C)(C)CC)c(C(=O)O)s1. The number of carbonyl (C=O) groups excluding carboxylic acids is 1. The van der Waals surface area contributed by atoms with Crippen LogP contribution in [0.4, 0.5) is 0 Å². The highest BCUT2D eigenvalue weighted by Gasteiger charge is 2.25. The first-order chi connectivity index (χ1) is 9.70. The van der Waals surface area contributed by atoms with E-state index in [0.717, 1.165) is 17.7 Å². The number of thiophene rings is 1. The Balaban J connectivity index is 2.83. The second-order valence-electron chi connectivity index (χ2n) is 5.55. The van der Waals surface area contributed by atoms with E-state index in [0.29, 0.717) is 0 Å². The molecule has 0 aromatic carbocycles. The van der Waals surface area contributed by atoms with E-state index in [2.05, 4.69) is 5.32 Å². The quantitative estimate of drug-likeness (QED) is 0.811. The topological polar surface area (TPSA) is 75.6 Å². The van der Waals surface area contributed by atoms with Crippen molar-refractivity contribution in [3.8, 4) is 5.75 Å². The number of amides is 1. The van der Waals surface area contributed by atoms with Gasteiger partial charge in [0.25, 0.3) is 5.91 Å². The molecule has 0 spiro atoms. The number of hydrogen-bond acceptors (Lipinski definition) is 4. The average Bonchev–Trinajstić information content (AvgIpc) is 2.81. The summed E-state index contributed by atoms with van der Waals surface area (Å²) in [4.78, 5) is 24.4. The number of nitrogens with one attached hydrogen (secondary N) is 1. The molecule has 0 fully saturated rings. The van der Waals surface area contributed by atoms with Gasteiger partial charge in [0.15, 0.2) is 11.0 Å². The van der Waals surface area contributed by atoms with E-state index in [-0.39, 0.29) is 22.1 Å². The number of aromatic carboxylic acids is 1. The zero-order valence-corrected chi connectivity index (χ0v) is 14.0. The monoisotopic (exact) mass is 313 g/mol. The lowest BCUT2D eigenvalue weighted by molar-refractivity contribution is -0.129. The van der Waals surface area contributed by atoms with Crippen LogP contribution < -0.4 is 10.1 Å². The summed E-state index contributed by atoms with van der Waals surface area (Å²) in [6.07, 6.45) is 0.787. The first-order valence-electron chi connectivity index (χ1n) is 7.04. The number of ether oxygens (including phenoxy) is 1. The number of carboxylic acids is 1. The standard InChI is InChI=1S/C15H23NO4S/c1-6-10-8-11(12(21-10)14(18)19)20-9(3)13(17)16-15(4,5)7-2/h8-9H,6-7H2,1-5H3,(H,16,17)(H,18,19). The van der Waals surface area contributed by atoms with Gasteiger partial charge in [0, 0.05) is 10.4 Å². The Morgan fingerprint density at radius 1 is 1.43 bits per heavy atom. The van der Waals surface area contributed by atoms with Gasteiger partial charge in [-0.05, 0) is 39.7 Å². The molecule has 0 saturated heterocycles. The second kappa shape index (κ2) is 6.93. The highest BCUT2D eigenvalue weighted by Crippen LogP contribution is 2.30. The van der Waals surface area contributed by atoms with Crippen LogP contribution >= 0.6 is 11.3 Å². The Hall–Kier alpha value is -1.56. The van der Waals surface area contributed by atoms with Gasteiger partial charge in [0.1, 0.15) is 5.75 Å². The molecule has 1 unspecified atom stereocenters. The van der Waals surface area contributed by atoms with Crippen LogP contribution in [0.15, 0.2) is 6.07 Å². The van der Waals surface area contributed by atoms with Crippen LogP contribution in [0.2, 0.25) is 0 Å². The van der Waals surface area contributed by atoms with Gasteiger partial charge in [0.05, 0.1) is 0 Å². The Bertz CT molecular complexity index is 522. The van der Waals surface area contributed by atoms with Crippen molar-refractivity contribution in [2.75, 3.05) is 0 Å². The van der Waals surface area contributed by atoms with Crippen molar-refractivity contribution in [3.05, 3.63) is 15.8 Å². The lowest BCUT2D eigenvalue weighted by atomic mass is 10.0. The summed E-state index contributed by atoms with van der Waals surface area (Å²) < 4.78 is 5.56. The maximum Gasteiger partial charge on any atom is 0.349 e. The Morgan fingerprint density at radius 3 is 2.52 bits per heavy atom. The Morgan fingerprint density at radius 2 is 2.05 bits per heavy atom. The van der Waals surface area contributed by atoms with Crippen LogP contribution in [0.3, 0.4) is 0 Å². The molecule has 1 aromatic heterocycles. The fraction of sp³-hybridized carbons (Fsp3) is 0.600. The molecule has 118 valence electrons. The average molecular weight is 313 g/mol. The van der Waals surface area contributed by atoms with Gasteiger partial charge >= 0.3 is 5.97 Å². The third-order valence-corrected chi connectivity index (χ3v) is 4.56. The normalized spacial score (nSPS) is 12.8. The predicted octanol–water partition coefficient (Wildman–Crippen LogP) is 3.08. The van der Waals surface area contributed by atoms with E-state index in [1.165, 1.54) is 11.3 Å². The Kier molecular flexibility index (Phi) is 5.78. The van der Waals surface area contributed by atoms with Crippen LogP contribution in [0.5, 0.6) is 5.75 Å². The summed E-state index contributed by atoms with van der Waals surface area (Å²) in [6.45, 7) is 9.41. The van der Waals surface area contributed by atoms with Gasteiger partial charge in [0.2, 0.25) is 0 Å². The maximum atomic E-state index is 12.1. The van der Waals surface area contributed by atoms with Crippen LogP contribution in [0.25, 0.3) is 0 Å². The minimum absolute atomic E-state index is 0.140. The first kappa shape index (κ1) is 17.5. The van der Waals surface area contributed by atoms with Gasteiger partial charge in [-0.3, -0.25) is 4.79 Å². The van der Waals surface area contributed by atoms with E-state index in [1.54, 1.807) is 13.0 Å². The molecule has 0 saturated carbocycles. The zero-order chi connectivity index (χ0) is 16.2. The van der Waals surface area contributed by atoms with E-state index < -0.39 is 12.1 Å². The minimum atomic E-state index is -1.03. The van der Waals surface area contributed by atoms with Crippen molar-refractivity contribution < 1.29 is 19.4 Å². The van der Waals surface area contributed by atoms with Gasteiger partial charge in [-0.1, -0.05) is 13.8 Å². The smallest absolute Gasteiger partial charge is 0.349 e. The molecule has 0 radical (unpaired) electrons. The molecule has 1 heterocycles. The van der Waals surface area contributed by atoms with Gasteiger partial charge in [-0.15, -0.1) is 11.3 Å². The van der Waals surface area contributed by atoms with E-state index in [9.17, 15) is 14.7 Å². The molecular formula is C15H23NO4S. The van der Waals surface area contributed by atoms with Crippen molar-refractivity contribution in [3.63, 3.8) is 0 Å². The molecule has 6 heteroatoms. The number of aryl methyl sites for hydroxylation is 1. The molecule has 1 atom stereocenters. The highest BCUT2D eigenvalue weighted by molar-refractivity contribution is 7.14. The molecule has 1 amide bonds. The number of carbonyl (C=O) groups is 2. The third-order valence-electron chi connectivity index (χ3n) is 3.31. The van der Waals surface area contributed by atoms with Crippen LogP contribution in [0, 0.1) is 0 Å². The molecule has 21 heavy (non-hydrogen) atoms. The van der Waals surface area contributed by atoms with Crippen molar-refractivity contribution in [2.45, 2.75) is 59.1 Å². The van der Waals surface area contributed by atoms with Gasteiger partial charge in [-0.25, -0.2) is 4.79 Å². The van der Waals surface area contributed by atoms with Crippen molar-refractivity contribution in [2.24, 2.45) is 0 Å². The van der Waals surface area contributed by atoms with E-state index in [4.69, 9.17) is 4.74 Å². The van der Waals surface area contributed by atoms with Crippen molar-refractivity contribution >= 4 is 23.2 Å². The molecule has 0 aliphatic heterocycles. The lowest BCUT2D eigenvalue weighted by Gasteiger charge is -2.26. The zero-order valence-electron chi connectivity index (χ0n) is 13.1. The fourth-order valence-electron chi connectivity index (χ4n) is 1.60. The molecule has 5 nitrogen and oxygen atoms in total. The summed E-state index contributed by atoms with van der Waals surface area (Å²) in [6, 6.07) is 1.70. The van der Waals surface area contributed by atoms with Crippen molar-refractivity contribution in [1.29, 1.82) is 0 Å². The molecule has 1 aromatic rings. The summed E-state index contributed by atoms with van der Waals surface area (Å²) in [5, 5.41) is 12.1. The van der Waals surface area contributed by atoms with Crippen LogP contribution in [0.1, 0.15) is 55.6 Å². The molecular weight excluding hydrogens is 290 g/mol. The molecule has 0 aliphatic carbocycles. The molecule has 2 N–H and O–H groups in total. The Labute approximate surface area is 129 Å². The van der Waals surface area contributed by atoms with Gasteiger partial charge in [-0.2, -0.15) is 0 Å². The van der Waals surface area contributed by atoms with E-state index in [1.807, 2.05) is 27.7 Å². The van der Waals surface area contributed by atoms with Crippen LogP contribution in [-0.2, 0) is 11.2 Å². The minimum Gasteiger partial charge on any atom is -0.479 e. The summed E-state index contributed by atoms with van der Waals surface area (Å²) >= 11 is 1.18. The molecule has 0 bridgehead atoms. The van der Waals surface area contributed by atoms with Gasteiger partial charge < -0.3 is 15.2 Å². The largest absolute Gasteiger partial charge is 0.479 e. The van der Waals surface area contributed by atoms with Crippen LogP contribution in [-0.4, -0.2) is 28.6 Å². The maximum absolute atomic E-state index is 12.1. The second-order valence-corrected chi connectivity index (χ2v) is 6.69. The predicted molar refractivity (Wildman–Crippen MR) is 83.3 cm³/mol. The fourth-order valence-corrected chi connectivity index (χ4v) is 2.47. The number of carboxylic acid groups (broad SMARTS) is 1. The number of rotatable bonds is 7. The highest BCUT2D eigenvalue weighted by atomic mass is 32.1. The lowest BCUT2D eigenvalue weighted by Crippen LogP contribution is -2.48. The summed E-state index contributed by atoms with van der Waals surface area (Å²) in [7, 11) is 0. The molecule has 0 aliphatic rings. The van der Waals surface area contributed by atoms with Crippen molar-refractivity contribution in [1.82, 2.24) is 5.32 Å². The summed E-state index contributed by atoms with van der Waals surface area (Å²) in [5.41, 5.74) is -0.312. The number of hydrogen-bond donors (Lipinski definition) is 2. The summed E-state index contributed by atoms with van der Waals surface area (Å²) in [5.74, 6) is -1.01. The third kappa shape index (κ3) is 4.74. The molecule has 1 rings (SSSR count). The first-order valence-corrected chi connectivity index (χ1v) is 7.86.